The molecule has 2 heterocycles. The molecule has 3 rings (SSSR count). The topological polar surface area (TPSA) is 116 Å². The van der Waals surface area contributed by atoms with Crippen LogP contribution in [-0.4, -0.2) is 45.5 Å². The van der Waals surface area contributed by atoms with Crippen molar-refractivity contribution in [2.75, 3.05) is 17.3 Å². The van der Waals surface area contributed by atoms with Crippen LogP contribution >= 0.6 is 35.0 Å². The van der Waals surface area contributed by atoms with Gasteiger partial charge in [0.1, 0.15) is 27.8 Å². The molecule has 1 N–H and O–H groups in total. The number of pyridine rings is 1. The first-order valence-electron chi connectivity index (χ1n) is 12.1. The average molecular weight is 609 g/mol. The molecule has 0 aliphatic heterocycles. The predicted octanol–water partition coefficient (Wildman–Crippen LogP) is 7.63. The summed E-state index contributed by atoms with van der Waals surface area (Å²) in [4.78, 5) is 40.3. The molecule has 0 saturated carbocycles. The lowest BCUT2D eigenvalue weighted by molar-refractivity contribution is 0.0428. The molecule has 13 heteroatoms. The number of nitrogens with zero attached hydrogens (tertiary/aromatic N) is 4. The number of ether oxygens (including phenoxy) is 3. The minimum atomic E-state index is -1.01. The second-order valence-electron chi connectivity index (χ2n) is 10.4. The third-order valence-electron chi connectivity index (χ3n) is 4.74. The monoisotopic (exact) mass is 607 g/mol. The highest BCUT2D eigenvalue weighted by Crippen LogP contribution is 2.37. The molecule has 0 spiro atoms. The van der Waals surface area contributed by atoms with Gasteiger partial charge in [-0.3, -0.25) is 0 Å². The summed E-state index contributed by atoms with van der Waals surface area (Å²) in [5.41, 5.74) is -0.790. The maximum absolute atomic E-state index is 13.1. The van der Waals surface area contributed by atoms with Crippen LogP contribution in [0.25, 0.3) is 0 Å². The number of imide groups is 1. The number of anilines is 2. The number of hydrogen-bond donors (Lipinski definition) is 1. The van der Waals surface area contributed by atoms with Gasteiger partial charge in [0, 0.05) is 17.6 Å². The van der Waals surface area contributed by atoms with Crippen LogP contribution in [-0.2, 0) is 16.0 Å². The number of methoxy groups -OCH3 is 1. The molecule has 2 aromatic heterocycles. The maximum atomic E-state index is 13.1. The number of carbonyl (C=O) groups excluding carboxylic acids is 2. The fourth-order valence-electron chi connectivity index (χ4n) is 3.07. The second kappa shape index (κ2) is 12.9. The largest absolute Gasteiger partial charge is 0.497 e. The average Bonchev–Trinajstić information content (AvgIpc) is 2.84. The molecule has 3 aromatic rings. The van der Waals surface area contributed by atoms with Crippen molar-refractivity contribution in [2.24, 2.45) is 0 Å². The van der Waals surface area contributed by atoms with Gasteiger partial charge in [0.2, 0.25) is 0 Å². The van der Waals surface area contributed by atoms with Crippen LogP contribution in [0.1, 0.15) is 47.1 Å². The van der Waals surface area contributed by atoms with E-state index in [-0.39, 0.29) is 11.0 Å². The van der Waals surface area contributed by atoms with Gasteiger partial charge in [-0.1, -0.05) is 47.1 Å². The Morgan fingerprint density at radius 2 is 1.55 bits per heavy atom. The lowest BCUT2D eigenvalue weighted by Gasteiger charge is -2.28. The van der Waals surface area contributed by atoms with Crippen LogP contribution in [0.15, 0.2) is 52.6 Å². The third kappa shape index (κ3) is 8.87. The van der Waals surface area contributed by atoms with E-state index in [0.717, 1.165) is 23.1 Å². The van der Waals surface area contributed by atoms with Crippen LogP contribution in [0.4, 0.5) is 21.2 Å². The number of halogens is 2. The molecule has 0 fully saturated rings. The highest BCUT2D eigenvalue weighted by molar-refractivity contribution is 7.99. The molecular weight excluding hydrogens is 577 g/mol. The minimum Gasteiger partial charge on any atom is -0.497 e. The first kappa shape index (κ1) is 31.3. The van der Waals surface area contributed by atoms with Gasteiger partial charge in [0.15, 0.2) is 11.0 Å². The minimum absolute atomic E-state index is 0.191. The smallest absolute Gasteiger partial charge is 0.425 e. The lowest BCUT2D eigenvalue weighted by atomic mass is 10.2. The Balaban J connectivity index is 1.88. The van der Waals surface area contributed by atoms with E-state index in [0.29, 0.717) is 32.2 Å². The first-order chi connectivity index (χ1) is 18.7. The van der Waals surface area contributed by atoms with E-state index in [1.807, 2.05) is 24.3 Å². The van der Waals surface area contributed by atoms with Gasteiger partial charge >= 0.3 is 12.2 Å². The van der Waals surface area contributed by atoms with Gasteiger partial charge < -0.3 is 19.5 Å². The van der Waals surface area contributed by atoms with Gasteiger partial charge in [-0.05, 0) is 65.3 Å². The van der Waals surface area contributed by atoms with Crippen LogP contribution in [0.2, 0.25) is 10.2 Å². The van der Waals surface area contributed by atoms with Crippen LogP contribution < -0.4 is 15.0 Å². The highest BCUT2D eigenvalue weighted by atomic mass is 35.5. The number of amides is 2. The van der Waals surface area contributed by atoms with Crippen molar-refractivity contribution in [2.45, 2.75) is 69.2 Å². The lowest BCUT2D eigenvalue weighted by Crippen LogP contribution is -2.44. The SMILES string of the molecule is COc1ccc(CNc2nccc(Sc3cnc(Cl)c(N(C(=O)OC(C)(C)C)C(=O)OC(C)(C)C)n3)c2Cl)cc1. The molecule has 0 unspecified atom stereocenters. The maximum Gasteiger partial charge on any atom is 0.425 e. The molecular formula is C27H31Cl2N5O5S. The van der Waals surface area contributed by atoms with Crippen molar-refractivity contribution in [1.29, 1.82) is 0 Å². The summed E-state index contributed by atoms with van der Waals surface area (Å²) in [6.45, 7) is 10.5. The van der Waals surface area contributed by atoms with E-state index in [4.69, 9.17) is 37.4 Å². The Kier molecular flexibility index (Phi) is 10.1. The van der Waals surface area contributed by atoms with Crippen molar-refractivity contribution in [3.8, 4) is 5.75 Å². The van der Waals surface area contributed by atoms with Gasteiger partial charge in [-0.25, -0.2) is 24.5 Å². The molecule has 1 aromatic carbocycles. The Morgan fingerprint density at radius 3 is 2.10 bits per heavy atom. The van der Waals surface area contributed by atoms with Gasteiger partial charge in [-0.15, -0.1) is 0 Å². The highest BCUT2D eigenvalue weighted by Gasteiger charge is 2.35. The van der Waals surface area contributed by atoms with E-state index in [2.05, 4.69) is 20.3 Å². The summed E-state index contributed by atoms with van der Waals surface area (Å²) >= 11 is 14.1. The molecule has 0 aliphatic carbocycles. The summed E-state index contributed by atoms with van der Waals surface area (Å²) in [6, 6.07) is 9.31. The Labute approximate surface area is 247 Å². The van der Waals surface area contributed by atoms with Crippen molar-refractivity contribution in [3.05, 3.63) is 58.5 Å². The summed E-state index contributed by atoms with van der Waals surface area (Å²) < 4.78 is 16.0. The predicted molar refractivity (Wildman–Crippen MR) is 156 cm³/mol. The molecule has 214 valence electrons. The summed E-state index contributed by atoms with van der Waals surface area (Å²) in [6.07, 6.45) is 0.988. The number of aromatic nitrogens is 3. The molecule has 40 heavy (non-hydrogen) atoms. The summed E-state index contributed by atoms with van der Waals surface area (Å²) in [5, 5.41) is 3.70. The van der Waals surface area contributed by atoms with E-state index in [1.165, 1.54) is 6.20 Å². The second-order valence-corrected chi connectivity index (χ2v) is 12.2. The standard InChI is InChI=1S/C27H31Cl2N5O5S/c1-26(2,3)38-24(35)34(25(36)39-27(4,5)6)23-21(29)31-15-19(33-23)40-18-12-13-30-22(20(18)28)32-14-16-8-10-17(37-7)11-9-16/h8-13,15H,14H2,1-7H3,(H,30,32). The number of rotatable bonds is 7. The normalized spacial score (nSPS) is 11.5. The van der Waals surface area contributed by atoms with Gasteiger partial charge in [0.05, 0.1) is 18.3 Å². The van der Waals surface area contributed by atoms with Gasteiger partial charge in [-0.2, -0.15) is 4.90 Å². The van der Waals surface area contributed by atoms with E-state index in [1.54, 1.807) is 60.9 Å². The molecule has 10 nitrogen and oxygen atoms in total. The summed E-state index contributed by atoms with van der Waals surface area (Å²) in [7, 11) is 1.61. The molecule has 0 radical (unpaired) electrons. The van der Waals surface area contributed by atoms with Gasteiger partial charge in [0.25, 0.3) is 0 Å². The number of carbonyl (C=O) groups is 2. The first-order valence-corrected chi connectivity index (χ1v) is 13.7. The third-order valence-corrected chi connectivity index (χ3v) is 6.47. The Morgan fingerprint density at radius 1 is 0.950 bits per heavy atom. The number of benzene rings is 1. The quantitative estimate of drug-likeness (QED) is 0.287. The van der Waals surface area contributed by atoms with Crippen molar-refractivity contribution in [1.82, 2.24) is 15.0 Å². The summed E-state index contributed by atoms with van der Waals surface area (Å²) in [5.74, 6) is 0.991. The van der Waals surface area contributed by atoms with E-state index in [9.17, 15) is 9.59 Å². The number of hydrogen-bond acceptors (Lipinski definition) is 10. The molecule has 2 amide bonds. The van der Waals surface area contributed by atoms with Crippen LogP contribution in [0.3, 0.4) is 0 Å². The molecule has 0 bridgehead atoms. The fraction of sp³-hybridized carbons (Fsp3) is 0.370. The van der Waals surface area contributed by atoms with E-state index >= 15 is 0 Å². The van der Waals surface area contributed by atoms with Crippen molar-refractivity contribution < 1.29 is 23.8 Å². The van der Waals surface area contributed by atoms with Crippen LogP contribution in [0, 0.1) is 0 Å². The zero-order valence-electron chi connectivity index (χ0n) is 23.2. The molecule has 0 aliphatic rings. The number of nitrogens with one attached hydrogen (secondary N) is 1. The van der Waals surface area contributed by atoms with E-state index < -0.39 is 23.4 Å². The Hall–Kier alpha value is -3.28. The fourth-order valence-corrected chi connectivity index (χ4v) is 4.32. The van der Waals surface area contributed by atoms with Crippen molar-refractivity contribution >= 4 is 58.8 Å². The van der Waals surface area contributed by atoms with Crippen molar-refractivity contribution in [3.63, 3.8) is 0 Å². The zero-order chi connectivity index (χ0) is 29.7. The van der Waals surface area contributed by atoms with Crippen LogP contribution in [0.5, 0.6) is 5.75 Å². The molecule has 0 atom stereocenters. The molecule has 0 saturated heterocycles. The Bertz CT molecular complexity index is 1330. The zero-order valence-corrected chi connectivity index (χ0v) is 25.6.